The molecule has 0 aliphatic carbocycles. The summed E-state index contributed by atoms with van der Waals surface area (Å²) in [6.07, 6.45) is 0. The molecule has 0 saturated heterocycles. The fourth-order valence-corrected chi connectivity index (χ4v) is 2.81. The number of carbonyl (C=O) groups is 1. The molecule has 0 bridgehead atoms. The van der Waals surface area contributed by atoms with Crippen LogP contribution < -0.4 is 15.8 Å². The molecule has 0 aliphatic heterocycles. The number of carbonyl (C=O) groups excluding carboxylic acids is 1. The van der Waals surface area contributed by atoms with Gasteiger partial charge in [-0.15, -0.1) is 0 Å². The first-order chi connectivity index (χ1) is 12.5. The van der Waals surface area contributed by atoms with Crippen molar-refractivity contribution in [1.29, 1.82) is 0 Å². The number of rotatable bonds is 5. The van der Waals surface area contributed by atoms with Gasteiger partial charge in [-0.05, 0) is 35.9 Å². The highest BCUT2D eigenvalue weighted by Gasteiger charge is 2.09. The molecule has 26 heavy (non-hydrogen) atoms. The molecule has 6 heteroatoms. The number of fused-ring (bicyclic) bond motifs is 1. The third-order valence-electron chi connectivity index (χ3n) is 4.11. The molecule has 1 aromatic heterocycles. The van der Waals surface area contributed by atoms with E-state index in [0.29, 0.717) is 23.4 Å². The van der Waals surface area contributed by atoms with Crippen molar-refractivity contribution in [2.24, 2.45) is 0 Å². The second-order valence-corrected chi connectivity index (χ2v) is 6.25. The van der Waals surface area contributed by atoms with Gasteiger partial charge in [0.2, 0.25) is 5.56 Å². The molecule has 0 fully saturated rings. The van der Waals surface area contributed by atoms with Crippen LogP contribution >= 0.6 is 0 Å². The summed E-state index contributed by atoms with van der Waals surface area (Å²) in [7, 11) is 5.44. The van der Waals surface area contributed by atoms with Crippen LogP contribution in [0.25, 0.3) is 10.9 Å². The Labute approximate surface area is 151 Å². The summed E-state index contributed by atoms with van der Waals surface area (Å²) >= 11 is 0. The number of anilines is 2. The minimum Gasteiger partial charge on any atom is -0.380 e. The second-order valence-electron chi connectivity index (χ2n) is 6.25. The van der Waals surface area contributed by atoms with E-state index in [1.54, 1.807) is 19.2 Å². The highest BCUT2D eigenvalue weighted by atomic mass is 16.5. The Bertz CT molecular complexity index is 1010. The van der Waals surface area contributed by atoms with Crippen LogP contribution in [0.2, 0.25) is 0 Å². The number of aromatic amines is 1. The fourth-order valence-electron chi connectivity index (χ4n) is 2.81. The maximum atomic E-state index is 12.5. The van der Waals surface area contributed by atoms with Gasteiger partial charge in [-0.1, -0.05) is 12.1 Å². The average Bonchev–Trinajstić information content (AvgIpc) is 2.61. The molecule has 2 aromatic carbocycles. The van der Waals surface area contributed by atoms with Crippen LogP contribution in [0.3, 0.4) is 0 Å². The molecule has 0 spiro atoms. The third-order valence-corrected chi connectivity index (χ3v) is 4.11. The van der Waals surface area contributed by atoms with Crippen LogP contribution in [0.4, 0.5) is 11.4 Å². The first kappa shape index (κ1) is 17.7. The Hall–Kier alpha value is -3.12. The van der Waals surface area contributed by atoms with Crippen LogP contribution in [0.15, 0.2) is 53.3 Å². The lowest BCUT2D eigenvalue weighted by Crippen LogP contribution is -2.14. The van der Waals surface area contributed by atoms with Crippen molar-refractivity contribution in [2.45, 2.75) is 6.61 Å². The van der Waals surface area contributed by atoms with Crippen LogP contribution in [-0.2, 0) is 11.3 Å². The number of pyridine rings is 1. The second kappa shape index (κ2) is 7.41. The highest BCUT2D eigenvalue weighted by molar-refractivity contribution is 6.05. The first-order valence-electron chi connectivity index (χ1n) is 8.21. The molecule has 134 valence electrons. The number of benzene rings is 2. The monoisotopic (exact) mass is 351 g/mol. The summed E-state index contributed by atoms with van der Waals surface area (Å²) in [5, 5.41) is 3.76. The summed E-state index contributed by atoms with van der Waals surface area (Å²) < 4.78 is 5.15. The zero-order valence-corrected chi connectivity index (χ0v) is 15.0. The average molecular weight is 351 g/mol. The van der Waals surface area contributed by atoms with Crippen molar-refractivity contribution < 1.29 is 9.53 Å². The Morgan fingerprint density at radius 3 is 2.69 bits per heavy atom. The quantitative estimate of drug-likeness (QED) is 0.741. The highest BCUT2D eigenvalue weighted by Crippen LogP contribution is 2.21. The number of amides is 1. The van der Waals surface area contributed by atoms with Crippen molar-refractivity contribution in [1.82, 2.24) is 4.98 Å². The number of hydrogen-bond acceptors (Lipinski definition) is 4. The van der Waals surface area contributed by atoms with E-state index >= 15 is 0 Å². The fraction of sp³-hybridized carbons (Fsp3) is 0.200. The SMILES string of the molecule is COCc1cc(=O)[nH]c2cc(NC(=O)c3cccc(N(C)C)c3)ccc12. The van der Waals surface area contributed by atoms with Gasteiger partial charge >= 0.3 is 0 Å². The van der Waals surface area contributed by atoms with E-state index in [9.17, 15) is 9.59 Å². The minimum absolute atomic E-state index is 0.202. The number of nitrogens with zero attached hydrogens (tertiary/aromatic N) is 1. The number of hydrogen-bond donors (Lipinski definition) is 2. The van der Waals surface area contributed by atoms with Crippen LogP contribution in [0, 0.1) is 0 Å². The van der Waals surface area contributed by atoms with Crippen LogP contribution in [0.1, 0.15) is 15.9 Å². The van der Waals surface area contributed by atoms with Crippen molar-refractivity contribution in [3.63, 3.8) is 0 Å². The van der Waals surface area contributed by atoms with Crippen LogP contribution in [0.5, 0.6) is 0 Å². The van der Waals surface area contributed by atoms with Crippen LogP contribution in [-0.4, -0.2) is 32.1 Å². The molecule has 0 radical (unpaired) electrons. The topological polar surface area (TPSA) is 74.4 Å². The van der Waals surface area contributed by atoms with E-state index in [0.717, 1.165) is 16.6 Å². The van der Waals surface area contributed by atoms with Gasteiger partial charge in [0.25, 0.3) is 5.91 Å². The Morgan fingerprint density at radius 1 is 1.15 bits per heavy atom. The summed E-state index contributed by atoms with van der Waals surface area (Å²) in [4.78, 5) is 29.1. The summed E-state index contributed by atoms with van der Waals surface area (Å²) in [5.41, 5.74) is 3.39. The number of aromatic nitrogens is 1. The van der Waals surface area contributed by atoms with Gasteiger partial charge in [0, 0.05) is 49.6 Å². The lowest BCUT2D eigenvalue weighted by atomic mass is 10.1. The van der Waals surface area contributed by atoms with E-state index in [-0.39, 0.29) is 11.5 Å². The van der Waals surface area contributed by atoms with E-state index in [1.165, 1.54) is 6.07 Å². The van der Waals surface area contributed by atoms with Gasteiger partial charge < -0.3 is 19.9 Å². The molecule has 0 unspecified atom stereocenters. The van der Waals surface area contributed by atoms with Gasteiger partial charge in [0.05, 0.1) is 12.1 Å². The number of H-pyrrole nitrogens is 1. The lowest BCUT2D eigenvalue weighted by Gasteiger charge is -2.14. The molecule has 1 heterocycles. The zero-order valence-electron chi connectivity index (χ0n) is 15.0. The lowest BCUT2D eigenvalue weighted by molar-refractivity contribution is 0.102. The predicted octanol–water partition coefficient (Wildman–Crippen LogP) is 2.99. The summed E-state index contributed by atoms with van der Waals surface area (Å²) in [5.74, 6) is -0.205. The molecular weight excluding hydrogens is 330 g/mol. The van der Waals surface area contributed by atoms with Gasteiger partial charge in [0.1, 0.15) is 0 Å². The van der Waals surface area contributed by atoms with E-state index in [1.807, 2.05) is 49.3 Å². The predicted molar refractivity (Wildman–Crippen MR) is 104 cm³/mol. The van der Waals surface area contributed by atoms with Crippen molar-refractivity contribution in [2.75, 3.05) is 31.4 Å². The van der Waals surface area contributed by atoms with Gasteiger partial charge in [-0.25, -0.2) is 0 Å². The molecule has 2 N–H and O–H groups in total. The van der Waals surface area contributed by atoms with E-state index in [4.69, 9.17) is 4.74 Å². The molecule has 3 aromatic rings. The third kappa shape index (κ3) is 3.75. The van der Waals surface area contributed by atoms with Crippen molar-refractivity contribution >= 4 is 28.2 Å². The molecule has 1 amide bonds. The zero-order chi connectivity index (χ0) is 18.7. The first-order valence-corrected chi connectivity index (χ1v) is 8.21. The van der Waals surface area contributed by atoms with E-state index in [2.05, 4.69) is 10.3 Å². The smallest absolute Gasteiger partial charge is 0.255 e. The molecule has 3 rings (SSSR count). The Morgan fingerprint density at radius 2 is 1.96 bits per heavy atom. The summed E-state index contributed by atoms with van der Waals surface area (Å²) in [6, 6.07) is 14.3. The van der Waals surface area contributed by atoms with Crippen molar-refractivity contribution in [3.8, 4) is 0 Å². The number of methoxy groups -OCH3 is 1. The van der Waals surface area contributed by atoms with Gasteiger partial charge in [-0.3, -0.25) is 9.59 Å². The molecule has 0 atom stereocenters. The van der Waals surface area contributed by atoms with Crippen molar-refractivity contribution in [3.05, 3.63) is 70.0 Å². The molecular formula is C20H21N3O3. The maximum absolute atomic E-state index is 12.5. The molecule has 0 saturated carbocycles. The largest absolute Gasteiger partial charge is 0.380 e. The molecule has 6 nitrogen and oxygen atoms in total. The standard InChI is InChI=1S/C20H21N3O3/c1-23(2)16-6-4-5-13(9-16)20(25)21-15-7-8-17-14(12-26-3)10-19(24)22-18(17)11-15/h4-11H,12H2,1-3H3,(H,21,25)(H,22,24). The Kier molecular flexibility index (Phi) is 5.04. The summed E-state index contributed by atoms with van der Waals surface area (Å²) in [6.45, 7) is 0.351. The number of ether oxygens (including phenoxy) is 1. The maximum Gasteiger partial charge on any atom is 0.255 e. The van der Waals surface area contributed by atoms with Gasteiger partial charge in [-0.2, -0.15) is 0 Å². The van der Waals surface area contributed by atoms with Gasteiger partial charge in [0.15, 0.2) is 0 Å². The molecule has 0 aliphatic rings. The normalized spacial score (nSPS) is 10.7. The van der Waals surface area contributed by atoms with E-state index < -0.39 is 0 Å². The number of nitrogens with one attached hydrogen (secondary N) is 2. The minimum atomic E-state index is -0.205. The Balaban J connectivity index is 1.90.